The van der Waals surface area contributed by atoms with Crippen LogP contribution in [0.2, 0.25) is 0 Å². The molecule has 0 heterocycles. The topological polar surface area (TPSA) is 55.1 Å². The average Bonchev–Trinajstić information content (AvgIpc) is 2.80. The van der Waals surface area contributed by atoms with E-state index in [0.717, 1.165) is 25.0 Å². The highest BCUT2D eigenvalue weighted by Crippen LogP contribution is 2.32. The quantitative estimate of drug-likeness (QED) is 0.760. The molecule has 1 saturated carbocycles. The van der Waals surface area contributed by atoms with E-state index in [1.165, 1.54) is 12.8 Å². The van der Waals surface area contributed by atoms with Gasteiger partial charge in [0.25, 0.3) is 0 Å². The third-order valence-corrected chi connectivity index (χ3v) is 5.70. The highest BCUT2D eigenvalue weighted by Gasteiger charge is 2.37. The summed E-state index contributed by atoms with van der Waals surface area (Å²) in [5.74, 6) is 1.30. The maximum absolute atomic E-state index is 12.5. The summed E-state index contributed by atoms with van der Waals surface area (Å²) in [5, 5.41) is 3.87. The van der Waals surface area contributed by atoms with Crippen LogP contribution in [0.4, 0.5) is 0 Å². The van der Waals surface area contributed by atoms with Crippen LogP contribution in [0.3, 0.4) is 0 Å². The Bertz CT molecular complexity index is 264. The highest BCUT2D eigenvalue weighted by atomic mass is 35.5. The van der Waals surface area contributed by atoms with Crippen LogP contribution in [0, 0.1) is 5.41 Å². The van der Waals surface area contributed by atoms with Crippen LogP contribution in [-0.4, -0.2) is 29.5 Å². The normalized spacial score (nSPS) is 22.9. The van der Waals surface area contributed by atoms with Gasteiger partial charge in [0.15, 0.2) is 0 Å². The van der Waals surface area contributed by atoms with Gasteiger partial charge >= 0.3 is 0 Å². The Morgan fingerprint density at radius 2 is 1.95 bits per heavy atom. The van der Waals surface area contributed by atoms with Crippen molar-refractivity contribution in [1.29, 1.82) is 0 Å². The van der Waals surface area contributed by atoms with Crippen LogP contribution in [0.15, 0.2) is 0 Å². The summed E-state index contributed by atoms with van der Waals surface area (Å²) in [6.07, 6.45) is 5.24. The van der Waals surface area contributed by atoms with E-state index in [9.17, 15) is 4.79 Å². The number of hydrogen-bond donors (Lipinski definition) is 2. The molecular formula is C14H29ClN2OS. The zero-order valence-corrected chi connectivity index (χ0v) is 14.0. The summed E-state index contributed by atoms with van der Waals surface area (Å²) in [4.78, 5) is 12.5. The molecular weight excluding hydrogens is 280 g/mol. The van der Waals surface area contributed by atoms with E-state index in [1.54, 1.807) is 0 Å². The van der Waals surface area contributed by atoms with Gasteiger partial charge in [-0.1, -0.05) is 27.2 Å². The number of hydrogen-bond acceptors (Lipinski definition) is 3. The predicted molar refractivity (Wildman–Crippen MR) is 87.0 cm³/mol. The fourth-order valence-electron chi connectivity index (χ4n) is 2.78. The minimum absolute atomic E-state index is 0. The molecule has 3 N–H and O–H groups in total. The van der Waals surface area contributed by atoms with Crippen molar-refractivity contribution in [2.24, 2.45) is 11.1 Å². The van der Waals surface area contributed by atoms with Crippen molar-refractivity contribution in [3.8, 4) is 0 Å². The second-order valence-corrected chi connectivity index (χ2v) is 6.71. The number of nitrogens with two attached hydrogens (primary N) is 1. The standard InChI is InChI=1S/C14H28N2OS.ClH/c1-4-14(5-2,10-15)13(17)16-11-8-7-9-12(11)18-6-3;/h11-12H,4-10,15H2,1-3H3,(H,16,17);1H. The van der Waals surface area contributed by atoms with Gasteiger partial charge in [-0.25, -0.2) is 0 Å². The zero-order valence-electron chi connectivity index (χ0n) is 12.4. The van der Waals surface area contributed by atoms with Gasteiger partial charge in [-0.05, 0) is 31.4 Å². The van der Waals surface area contributed by atoms with Crippen molar-refractivity contribution in [3.63, 3.8) is 0 Å². The van der Waals surface area contributed by atoms with Crippen LogP contribution in [0.25, 0.3) is 0 Å². The number of carbonyl (C=O) groups excluding carboxylic acids is 1. The molecule has 0 bridgehead atoms. The Labute approximate surface area is 128 Å². The van der Waals surface area contributed by atoms with Gasteiger partial charge in [-0.2, -0.15) is 11.8 Å². The second kappa shape index (κ2) is 9.09. The molecule has 5 heteroatoms. The average molecular weight is 309 g/mol. The van der Waals surface area contributed by atoms with Gasteiger partial charge in [0.05, 0.1) is 5.41 Å². The first-order valence-electron chi connectivity index (χ1n) is 7.26. The maximum Gasteiger partial charge on any atom is 0.227 e. The summed E-state index contributed by atoms with van der Waals surface area (Å²) in [5.41, 5.74) is 5.47. The third-order valence-electron chi connectivity index (χ3n) is 4.38. The summed E-state index contributed by atoms with van der Waals surface area (Å²) in [6.45, 7) is 6.75. The lowest BCUT2D eigenvalue weighted by Crippen LogP contribution is -2.50. The van der Waals surface area contributed by atoms with Gasteiger partial charge < -0.3 is 11.1 Å². The van der Waals surface area contributed by atoms with Crippen molar-refractivity contribution in [2.75, 3.05) is 12.3 Å². The molecule has 1 rings (SSSR count). The number of amides is 1. The van der Waals surface area contributed by atoms with E-state index < -0.39 is 0 Å². The first kappa shape index (κ1) is 19.1. The summed E-state index contributed by atoms with van der Waals surface area (Å²) in [6, 6.07) is 0.353. The van der Waals surface area contributed by atoms with E-state index >= 15 is 0 Å². The van der Waals surface area contributed by atoms with Crippen LogP contribution < -0.4 is 11.1 Å². The van der Waals surface area contributed by atoms with E-state index in [0.29, 0.717) is 17.8 Å². The molecule has 1 fully saturated rings. The molecule has 0 aliphatic heterocycles. The number of thioether (sulfide) groups is 1. The molecule has 0 radical (unpaired) electrons. The molecule has 0 aromatic rings. The molecule has 3 nitrogen and oxygen atoms in total. The Kier molecular flexibility index (Phi) is 9.12. The van der Waals surface area contributed by atoms with E-state index in [4.69, 9.17) is 5.73 Å². The molecule has 1 amide bonds. The maximum atomic E-state index is 12.5. The molecule has 0 saturated heterocycles. The second-order valence-electron chi connectivity index (χ2n) is 5.20. The van der Waals surface area contributed by atoms with E-state index in [2.05, 4.69) is 26.1 Å². The monoisotopic (exact) mass is 308 g/mol. The lowest BCUT2D eigenvalue weighted by Gasteiger charge is -2.31. The van der Waals surface area contributed by atoms with Crippen LogP contribution in [-0.2, 0) is 4.79 Å². The summed E-state index contributed by atoms with van der Waals surface area (Å²) >= 11 is 1.98. The minimum Gasteiger partial charge on any atom is -0.352 e. The molecule has 1 aliphatic carbocycles. The minimum atomic E-state index is -0.357. The molecule has 114 valence electrons. The molecule has 2 atom stereocenters. The van der Waals surface area contributed by atoms with Crippen LogP contribution in [0.5, 0.6) is 0 Å². The van der Waals surface area contributed by atoms with Crippen LogP contribution in [0.1, 0.15) is 52.9 Å². The van der Waals surface area contributed by atoms with Crippen molar-refractivity contribution >= 4 is 30.1 Å². The Hall–Kier alpha value is 0.0700. The summed E-state index contributed by atoms with van der Waals surface area (Å²) in [7, 11) is 0. The number of rotatable bonds is 7. The number of carbonyl (C=O) groups is 1. The van der Waals surface area contributed by atoms with Crippen molar-refractivity contribution in [3.05, 3.63) is 0 Å². The van der Waals surface area contributed by atoms with Crippen molar-refractivity contribution in [1.82, 2.24) is 5.32 Å². The van der Waals surface area contributed by atoms with Crippen LogP contribution >= 0.6 is 24.2 Å². The van der Waals surface area contributed by atoms with Gasteiger partial charge in [-0.3, -0.25) is 4.79 Å². The SMILES string of the molecule is CCSC1CCCC1NC(=O)C(CC)(CC)CN.Cl. The lowest BCUT2D eigenvalue weighted by atomic mass is 9.81. The number of nitrogens with one attached hydrogen (secondary N) is 1. The summed E-state index contributed by atoms with van der Waals surface area (Å²) < 4.78 is 0. The van der Waals surface area contributed by atoms with E-state index in [1.807, 2.05) is 11.8 Å². The smallest absolute Gasteiger partial charge is 0.227 e. The van der Waals surface area contributed by atoms with Crippen molar-refractivity contribution in [2.45, 2.75) is 64.2 Å². The van der Waals surface area contributed by atoms with Crippen molar-refractivity contribution < 1.29 is 4.79 Å². The zero-order chi connectivity index (χ0) is 13.6. The van der Waals surface area contributed by atoms with Gasteiger partial charge in [0, 0.05) is 17.8 Å². The fourth-order valence-corrected chi connectivity index (χ4v) is 3.98. The largest absolute Gasteiger partial charge is 0.352 e. The highest BCUT2D eigenvalue weighted by molar-refractivity contribution is 7.99. The Balaban J connectivity index is 0.00000324. The number of halogens is 1. The third kappa shape index (κ3) is 4.54. The first-order valence-corrected chi connectivity index (χ1v) is 8.31. The molecule has 0 aromatic carbocycles. The van der Waals surface area contributed by atoms with Gasteiger partial charge in [0.2, 0.25) is 5.91 Å². The van der Waals surface area contributed by atoms with Gasteiger partial charge in [-0.15, -0.1) is 12.4 Å². The molecule has 0 aromatic heterocycles. The fraction of sp³-hybridized carbons (Fsp3) is 0.929. The molecule has 1 aliphatic rings. The predicted octanol–water partition coefficient (Wildman–Crippen LogP) is 2.96. The van der Waals surface area contributed by atoms with E-state index in [-0.39, 0.29) is 23.7 Å². The lowest BCUT2D eigenvalue weighted by molar-refractivity contribution is -0.131. The Morgan fingerprint density at radius 1 is 1.32 bits per heavy atom. The molecule has 2 unspecified atom stereocenters. The molecule has 0 spiro atoms. The molecule has 19 heavy (non-hydrogen) atoms. The first-order chi connectivity index (χ1) is 8.63. The van der Waals surface area contributed by atoms with Gasteiger partial charge in [0.1, 0.15) is 0 Å². The Morgan fingerprint density at radius 3 is 2.42 bits per heavy atom.